The minimum absolute atomic E-state index is 0.0828. The van der Waals surface area contributed by atoms with Crippen molar-refractivity contribution in [2.75, 3.05) is 31.1 Å². The summed E-state index contributed by atoms with van der Waals surface area (Å²) in [6.45, 7) is 3.10. The van der Waals surface area contributed by atoms with E-state index in [9.17, 15) is 9.18 Å². The molecule has 0 saturated carbocycles. The van der Waals surface area contributed by atoms with Crippen molar-refractivity contribution >= 4 is 11.6 Å². The maximum atomic E-state index is 15.3. The maximum Gasteiger partial charge on any atom is 0.274 e. The number of rotatable bonds is 4. The third kappa shape index (κ3) is 4.14. The van der Waals surface area contributed by atoms with Crippen LogP contribution >= 0.6 is 0 Å². The van der Waals surface area contributed by atoms with Gasteiger partial charge in [-0.3, -0.25) is 4.79 Å². The first-order chi connectivity index (χ1) is 16.5. The minimum atomic E-state index is -0.679. The van der Waals surface area contributed by atoms with E-state index in [1.165, 1.54) is 22.9 Å². The highest BCUT2D eigenvalue weighted by Crippen LogP contribution is 2.30. The molecule has 2 aromatic carbocycles. The van der Waals surface area contributed by atoms with Crippen LogP contribution in [0.3, 0.4) is 0 Å². The van der Waals surface area contributed by atoms with Gasteiger partial charge >= 0.3 is 0 Å². The maximum absolute atomic E-state index is 15.3. The third-order valence-electron chi connectivity index (χ3n) is 6.59. The number of nitrogens with zero attached hydrogens (tertiary/aromatic N) is 5. The van der Waals surface area contributed by atoms with Crippen LogP contribution in [0.2, 0.25) is 0 Å². The van der Waals surface area contributed by atoms with Crippen molar-refractivity contribution in [2.24, 2.45) is 0 Å². The lowest BCUT2D eigenvalue weighted by Gasteiger charge is -2.25. The van der Waals surface area contributed by atoms with Crippen molar-refractivity contribution in [2.45, 2.75) is 32.1 Å². The fraction of sp³-hybridized carbons (Fsp3) is 0.346. The van der Waals surface area contributed by atoms with Gasteiger partial charge in [0.15, 0.2) is 11.5 Å². The van der Waals surface area contributed by atoms with Gasteiger partial charge in [0.2, 0.25) is 0 Å². The summed E-state index contributed by atoms with van der Waals surface area (Å²) < 4.78 is 31.1. The molecule has 34 heavy (non-hydrogen) atoms. The molecule has 2 aliphatic rings. The van der Waals surface area contributed by atoms with Gasteiger partial charge in [0.05, 0.1) is 11.3 Å². The summed E-state index contributed by atoms with van der Waals surface area (Å²) in [6.07, 6.45) is 5.12. The number of hydrogen-bond donors (Lipinski definition) is 0. The Kier molecular flexibility index (Phi) is 6.01. The van der Waals surface area contributed by atoms with Crippen molar-refractivity contribution < 1.29 is 13.6 Å². The van der Waals surface area contributed by atoms with Gasteiger partial charge in [-0.05, 0) is 68.5 Å². The zero-order valence-electron chi connectivity index (χ0n) is 18.8. The smallest absolute Gasteiger partial charge is 0.274 e. The van der Waals surface area contributed by atoms with E-state index in [4.69, 9.17) is 5.26 Å². The summed E-state index contributed by atoms with van der Waals surface area (Å²) >= 11 is 0. The van der Waals surface area contributed by atoms with Crippen LogP contribution in [0.25, 0.3) is 16.9 Å². The lowest BCUT2D eigenvalue weighted by molar-refractivity contribution is 0.0718. The predicted molar refractivity (Wildman–Crippen MR) is 125 cm³/mol. The van der Waals surface area contributed by atoms with Gasteiger partial charge in [-0.1, -0.05) is 6.07 Å². The molecular formula is C26H25F2N5O. The molecule has 0 radical (unpaired) electrons. The molecule has 5 rings (SSSR count). The number of carbonyl (C=O) groups is 1. The van der Waals surface area contributed by atoms with Gasteiger partial charge in [0.1, 0.15) is 17.6 Å². The number of anilines is 1. The molecule has 8 heteroatoms. The SMILES string of the molecule is N#Cc1ccc(-c2cc(C(=O)N3CCCCC3)nn2-c2ccc(N3CCCC3)cc2F)cc1F. The van der Waals surface area contributed by atoms with Crippen molar-refractivity contribution in [3.8, 4) is 23.0 Å². The average Bonchev–Trinajstić information content (AvgIpc) is 3.55. The van der Waals surface area contributed by atoms with E-state index in [1.54, 1.807) is 29.2 Å². The van der Waals surface area contributed by atoms with Crippen LogP contribution in [0.5, 0.6) is 0 Å². The third-order valence-corrected chi connectivity index (χ3v) is 6.59. The number of hydrogen-bond acceptors (Lipinski definition) is 4. The number of piperidine rings is 1. The van der Waals surface area contributed by atoms with Gasteiger partial charge in [-0.2, -0.15) is 10.4 Å². The average molecular weight is 462 g/mol. The van der Waals surface area contributed by atoms with E-state index >= 15 is 4.39 Å². The number of likely N-dealkylation sites (tertiary alicyclic amines) is 1. The van der Waals surface area contributed by atoms with Gasteiger partial charge < -0.3 is 9.80 Å². The van der Waals surface area contributed by atoms with Crippen molar-refractivity contribution in [1.29, 1.82) is 5.26 Å². The number of carbonyl (C=O) groups excluding carboxylic acids is 1. The van der Waals surface area contributed by atoms with Crippen LogP contribution < -0.4 is 4.90 Å². The highest BCUT2D eigenvalue weighted by molar-refractivity contribution is 5.93. The monoisotopic (exact) mass is 461 g/mol. The van der Waals surface area contributed by atoms with E-state index in [-0.39, 0.29) is 22.9 Å². The number of nitriles is 1. The number of amides is 1. The standard InChI is InChI=1S/C26H25F2N5O/c27-21-14-18(6-7-19(21)17-29)25-16-23(26(34)32-12-2-1-3-13-32)30-33(25)24-9-8-20(15-22(24)28)31-10-4-5-11-31/h6-9,14-16H,1-5,10-13H2. The van der Waals surface area contributed by atoms with Crippen molar-refractivity contribution in [1.82, 2.24) is 14.7 Å². The summed E-state index contributed by atoms with van der Waals surface area (Å²) in [5.74, 6) is -1.37. The van der Waals surface area contributed by atoms with Crippen LogP contribution in [-0.4, -0.2) is 46.8 Å². The van der Waals surface area contributed by atoms with Gasteiger partial charge in [-0.25, -0.2) is 13.5 Å². The lowest BCUT2D eigenvalue weighted by Crippen LogP contribution is -2.35. The van der Waals surface area contributed by atoms with Crippen LogP contribution in [0.1, 0.15) is 48.2 Å². The molecule has 0 N–H and O–H groups in total. The van der Waals surface area contributed by atoms with E-state index < -0.39 is 11.6 Å². The normalized spacial score (nSPS) is 16.0. The van der Waals surface area contributed by atoms with Crippen LogP contribution in [-0.2, 0) is 0 Å². The van der Waals surface area contributed by atoms with E-state index in [0.717, 1.165) is 50.9 Å². The molecule has 0 aliphatic carbocycles. The summed E-state index contributed by atoms with van der Waals surface area (Å²) in [4.78, 5) is 17.0. The molecule has 3 aromatic rings. The van der Waals surface area contributed by atoms with Gasteiger partial charge in [0.25, 0.3) is 5.91 Å². The molecule has 2 saturated heterocycles. The highest BCUT2D eigenvalue weighted by Gasteiger charge is 2.25. The Morgan fingerprint density at radius 3 is 2.29 bits per heavy atom. The molecule has 1 aromatic heterocycles. The van der Waals surface area contributed by atoms with Crippen LogP contribution in [0, 0.1) is 23.0 Å². The Bertz CT molecular complexity index is 1270. The summed E-state index contributed by atoms with van der Waals surface area (Å²) in [5.41, 5.74) is 1.88. The van der Waals surface area contributed by atoms with Crippen molar-refractivity contribution in [3.63, 3.8) is 0 Å². The molecule has 0 spiro atoms. The molecule has 3 heterocycles. The Balaban J connectivity index is 1.58. The molecule has 2 aliphatic heterocycles. The highest BCUT2D eigenvalue weighted by atomic mass is 19.1. The largest absolute Gasteiger partial charge is 0.371 e. The van der Waals surface area contributed by atoms with Gasteiger partial charge in [-0.15, -0.1) is 0 Å². The number of aromatic nitrogens is 2. The second kappa shape index (κ2) is 9.26. The Hall–Kier alpha value is -3.73. The Morgan fingerprint density at radius 2 is 1.62 bits per heavy atom. The van der Waals surface area contributed by atoms with E-state index in [1.807, 2.05) is 6.07 Å². The quantitative estimate of drug-likeness (QED) is 0.554. The molecule has 174 valence electrons. The number of halogens is 2. The summed E-state index contributed by atoms with van der Waals surface area (Å²) in [7, 11) is 0. The minimum Gasteiger partial charge on any atom is -0.371 e. The Morgan fingerprint density at radius 1 is 0.882 bits per heavy atom. The molecule has 2 fully saturated rings. The molecule has 0 unspecified atom stereocenters. The first-order valence-electron chi connectivity index (χ1n) is 11.7. The summed E-state index contributed by atoms with van der Waals surface area (Å²) in [6, 6.07) is 12.5. The topological polar surface area (TPSA) is 65.2 Å². The molecule has 0 bridgehead atoms. The first kappa shape index (κ1) is 22.1. The molecular weight excluding hydrogens is 436 g/mol. The van der Waals surface area contributed by atoms with E-state index in [2.05, 4.69) is 10.00 Å². The van der Waals surface area contributed by atoms with Gasteiger partial charge in [0, 0.05) is 37.4 Å². The lowest BCUT2D eigenvalue weighted by atomic mass is 10.1. The molecule has 1 amide bonds. The second-order valence-corrected chi connectivity index (χ2v) is 8.82. The van der Waals surface area contributed by atoms with Crippen LogP contribution in [0.15, 0.2) is 42.5 Å². The van der Waals surface area contributed by atoms with Crippen LogP contribution in [0.4, 0.5) is 14.5 Å². The molecule has 0 atom stereocenters. The zero-order valence-corrected chi connectivity index (χ0v) is 18.8. The fourth-order valence-electron chi connectivity index (χ4n) is 4.74. The Labute approximate surface area is 197 Å². The predicted octanol–water partition coefficient (Wildman–Crippen LogP) is 4.92. The first-order valence-corrected chi connectivity index (χ1v) is 11.7. The zero-order chi connectivity index (χ0) is 23.7. The van der Waals surface area contributed by atoms with E-state index in [0.29, 0.717) is 24.3 Å². The number of benzene rings is 2. The second-order valence-electron chi connectivity index (χ2n) is 8.82. The fourth-order valence-corrected chi connectivity index (χ4v) is 4.74. The van der Waals surface area contributed by atoms with Crippen molar-refractivity contribution in [3.05, 3.63) is 65.4 Å². The summed E-state index contributed by atoms with van der Waals surface area (Å²) in [5, 5.41) is 13.6. The molecule has 6 nitrogen and oxygen atoms in total.